The zero-order valence-corrected chi connectivity index (χ0v) is 9.55. The molecule has 0 aromatic heterocycles. The molecule has 1 atom stereocenters. The average Bonchev–Trinajstić information content (AvgIpc) is 2.12. The largest absolute Gasteiger partial charge is 0.370 e. The van der Waals surface area contributed by atoms with Crippen molar-refractivity contribution in [2.24, 2.45) is 17.4 Å². The van der Waals surface area contributed by atoms with E-state index in [9.17, 15) is 4.79 Å². The number of nitrogens with two attached hydrogens (primary N) is 2. The molecular formula is C10H22N4O. The zero-order chi connectivity index (χ0) is 11.8. The lowest BCUT2D eigenvalue weighted by molar-refractivity contribution is -0.122. The van der Waals surface area contributed by atoms with Crippen molar-refractivity contribution in [3.8, 4) is 0 Å². The van der Waals surface area contributed by atoms with Crippen LogP contribution in [0.15, 0.2) is 0 Å². The van der Waals surface area contributed by atoms with Gasteiger partial charge in [-0.25, -0.2) is 0 Å². The topological polar surface area (TPSA) is 105 Å². The van der Waals surface area contributed by atoms with Crippen molar-refractivity contribution >= 4 is 11.7 Å². The SMILES string of the molecule is CC(C)C(=O)CC(N)CCCNC(=N)N. The van der Waals surface area contributed by atoms with E-state index in [2.05, 4.69) is 5.32 Å². The summed E-state index contributed by atoms with van der Waals surface area (Å²) in [6.07, 6.45) is 2.04. The number of guanidine groups is 1. The molecule has 0 aromatic rings. The van der Waals surface area contributed by atoms with Gasteiger partial charge in [-0.2, -0.15) is 0 Å². The second-order valence-corrected chi connectivity index (χ2v) is 4.07. The summed E-state index contributed by atoms with van der Waals surface area (Å²) in [4.78, 5) is 11.3. The second kappa shape index (κ2) is 7.23. The summed E-state index contributed by atoms with van der Waals surface area (Å²) in [5.74, 6) is 0.246. The molecule has 15 heavy (non-hydrogen) atoms. The van der Waals surface area contributed by atoms with Gasteiger partial charge in [-0.3, -0.25) is 10.2 Å². The quantitative estimate of drug-likeness (QED) is 0.276. The Bertz CT molecular complexity index is 215. The Morgan fingerprint density at radius 1 is 1.47 bits per heavy atom. The van der Waals surface area contributed by atoms with Crippen molar-refractivity contribution in [2.75, 3.05) is 6.54 Å². The molecule has 6 N–H and O–H groups in total. The van der Waals surface area contributed by atoms with Crippen LogP contribution in [0.25, 0.3) is 0 Å². The van der Waals surface area contributed by atoms with Crippen molar-refractivity contribution < 1.29 is 4.79 Å². The molecule has 0 aliphatic carbocycles. The number of carbonyl (C=O) groups is 1. The van der Waals surface area contributed by atoms with Gasteiger partial charge in [-0.05, 0) is 12.8 Å². The standard InChI is InChI=1S/C10H22N4O/c1-7(2)9(15)6-8(11)4-3-5-14-10(12)13/h7-8H,3-6,11H2,1-2H3,(H4,12,13,14). The number of ketones is 1. The van der Waals surface area contributed by atoms with Crippen molar-refractivity contribution in [1.82, 2.24) is 5.32 Å². The van der Waals surface area contributed by atoms with Crippen LogP contribution in [0.3, 0.4) is 0 Å². The van der Waals surface area contributed by atoms with E-state index in [-0.39, 0.29) is 23.7 Å². The van der Waals surface area contributed by atoms with E-state index in [1.54, 1.807) is 0 Å². The zero-order valence-electron chi connectivity index (χ0n) is 9.55. The van der Waals surface area contributed by atoms with Crippen LogP contribution in [0.1, 0.15) is 33.1 Å². The highest BCUT2D eigenvalue weighted by Gasteiger charge is 2.12. The van der Waals surface area contributed by atoms with E-state index in [1.807, 2.05) is 13.8 Å². The normalized spacial score (nSPS) is 12.5. The molecule has 88 valence electrons. The second-order valence-electron chi connectivity index (χ2n) is 4.07. The van der Waals surface area contributed by atoms with Gasteiger partial charge in [0.25, 0.3) is 0 Å². The van der Waals surface area contributed by atoms with Gasteiger partial charge < -0.3 is 16.8 Å². The lowest BCUT2D eigenvalue weighted by Gasteiger charge is -2.12. The van der Waals surface area contributed by atoms with Crippen LogP contribution in [0.4, 0.5) is 0 Å². The minimum atomic E-state index is -0.0753. The smallest absolute Gasteiger partial charge is 0.185 e. The van der Waals surface area contributed by atoms with E-state index in [4.69, 9.17) is 16.9 Å². The van der Waals surface area contributed by atoms with Gasteiger partial charge >= 0.3 is 0 Å². The first-order valence-corrected chi connectivity index (χ1v) is 5.29. The summed E-state index contributed by atoms with van der Waals surface area (Å²) in [5.41, 5.74) is 10.9. The molecule has 0 saturated heterocycles. The molecule has 0 aliphatic heterocycles. The average molecular weight is 214 g/mol. The van der Waals surface area contributed by atoms with E-state index >= 15 is 0 Å². The third kappa shape index (κ3) is 7.93. The van der Waals surface area contributed by atoms with Gasteiger partial charge in [0.1, 0.15) is 5.78 Å². The van der Waals surface area contributed by atoms with Crippen LogP contribution >= 0.6 is 0 Å². The van der Waals surface area contributed by atoms with Crippen molar-refractivity contribution in [1.29, 1.82) is 5.41 Å². The Balaban J connectivity index is 3.53. The van der Waals surface area contributed by atoms with Crippen LogP contribution in [0.2, 0.25) is 0 Å². The molecule has 0 aliphatic rings. The highest BCUT2D eigenvalue weighted by atomic mass is 16.1. The van der Waals surface area contributed by atoms with Crippen LogP contribution in [-0.2, 0) is 4.79 Å². The number of carbonyl (C=O) groups excluding carboxylic acids is 1. The molecule has 5 heteroatoms. The molecule has 0 heterocycles. The first-order chi connectivity index (χ1) is 6.93. The van der Waals surface area contributed by atoms with E-state index in [0.29, 0.717) is 13.0 Å². The van der Waals surface area contributed by atoms with Gasteiger partial charge in [0, 0.05) is 24.9 Å². The summed E-state index contributed by atoms with van der Waals surface area (Å²) in [6.45, 7) is 4.40. The molecule has 1 unspecified atom stereocenters. The number of hydrogen-bond acceptors (Lipinski definition) is 3. The van der Waals surface area contributed by atoms with Gasteiger partial charge in [-0.1, -0.05) is 13.8 Å². The summed E-state index contributed by atoms with van der Waals surface area (Å²) >= 11 is 0. The van der Waals surface area contributed by atoms with E-state index in [0.717, 1.165) is 12.8 Å². The van der Waals surface area contributed by atoms with Gasteiger partial charge in [0.05, 0.1) is 0 Å². The molecule has 0 saturated carbocycles. The fraction of sp³-hybridized carbons (Fsp3) is 0.800. The first kappa shape index (κ1) is 13.9. The Hall–Kier alpha value is -1.10. The number of hydrogen-bond donors (Lipinski definition) is 4. The molecule has 0 rings (SSSR count). The summed E-state index contributed by atoms with van der Waals surface area (Å²) < 4.78 is 0. The monoisotopic (exact) mass is 214 g/mol. The van der Waals surface area contributed by atoms with Gasteiger partial charge in [0.15, 0.2) is 5.96 Å². The highest BCUT2D eigenvalue weighted by Crippen LogP contribution is 2.05. The lowest BCUT2D eigenvalue weighted by Crippen LogP contribution is -2.32. The first-order valence-electron chi connectivity index (χ1n) is 5.29. The van der Waals surface area contributed by atoms with Gasteiger partial charge in [0.2, 0.25) is 0 Å². The maximum absolute atomic E-state index is 11.3. The van der Waals surface area contributed by atoms with Crippen molar-refractivity contribution in [3.05, 3.63) is 0 Å². The summed E-state index contributed by atoms with van der Waals surface area (Å²) in [5, 5.41) is 9.63. The maximum atomic E-state index is 11.3. The molecule has 0 bridgehead atoms. The summed E-state index contributed by atoms with van der Waals surface area (Å²) in [7, 11) is 0. The lowest BCUT2D eigenvalue weighted by atomic mass is 9.99. The minimum absolute atomic E-state index is 0.0261. The predicted octanol–water partition coefficient (Wildman–Crippen LogP) is 0.192. The predicted molar refractivity (Wildman–Crippen MR) is 61.6 cm³/mol. The minimum Gasteiger partial charge on any atom is -0.370 e. The fourth-order valence-electron chi connectivity index (χ4n) is 1.18. The molecule has 0 spiro atoms. The maximum Gasteiger partial charge on any atom is 0.185 e. The van der Waals surface area contributed by atoms with E-state index < -0.39 is 0 Å². The van der Waals surface area contributed by atoms with Crippen LogP contribution in [0.5, 0.6) is 0 Å². The summed E-state index contributed by atoms with van der Waals surface area (Å²) in [6, 6.07) is -0.0753. The van der Waals surface area contributed by atoms with Crippen LogP contribution in [-0.4, -0.2) is 24.3 Å². The Morgan fingerprint density at radius 2 is 2.07 bits per heavy atom. The Labute approximate surface area is 91.1 Å². The number of rotatable bonds is 7. The molecule has 0 amide bonds. The molecule has 0 radical (unpaired) electrons. The highest BCUT2D eigenvalue weighted by molar-refractivity contribution is 5.80. The fourth-order valence-corrected chi connectivity index (χ4v) is 1.18. The number of nitrogens with one attached hydrogen (secondary N) is 2. The Kier molecular flexibility index (Phi) is 6.70. The van der Waals surface area contributed by atoms with Gasteiger partial charge in [-0.15, -0.1) is 0 Å². The van der Waals surface area contributed by atoms with Crippen molar-refractivity contribution in [3.63, 3.8) is 0 Å². The van der Waals surface area contributed by atoms with E-state index in [1.165, 1.54) is 0 Å². The van der Waals surface area contributed by atoms with Crippen LogP contribution in [0, 0.1) is 11.3 Å². The third-order valence-corrected chi connectivity index (χ3v) is 2.17. The molecule has 0 fully saturated rings. The van der Waals surface area contributed by atoms with Crippen LogP contribution < -0.4 is 16.8 Å². The van der Waals surface area contributed by atoms with Crippen molar-refractivity contribution in [2.45, 2.75) is 39.2 Å². The molecular weight excluding hydrogens is 192 g/mol. The molecule has 5 nitrogen and oxygen atoms in total. The molecule has 0 aromatic carbocycles. The number of Topliss-reactive ketones (excluding diaryl/α,β-unsaturated/α-hetero) is 1. The third-order valence-electron chi connectivity index (χ3n) is 2.17. The Morgan fingerprint density at radius 3 is 2.53 bits per heavy atom.